The molecular formula is C10H16N5S. The molecule has 0 aromatic carbocycles. The monoisotopic (exact) mass is 238 g/mol. The Balaban J connectivity index is 2.10. The highest BCUT2D eigenvalue weighted by atomic mass is 32.1. The Morgan fingerprint density at radius 2 is 2.19 bits per heavy atom. The summed E-state index contributed by atoms with van der Waals surface area (Å²) in [5.41, 5.74) is 6.40. The number of aromatic nitrogens is 2. The molecule has 0 aliphatic carbocycles. The molecule has 4 N–H and O–H groups in total. The van der Waals surface area contributed by atoms with Gasteiger partial charge < -0.3 is 11.1 Å². The van der Waals surface area contributed by atoms with Gasteiger partial charge in [-0.1, -0.05) is 6.42 Å². The van der Waals surface area contributed by atoms with Crippen molar-refractivity contribution in [2.24, 2.45) is 5.73 Å². The number of likely N-dealkylation sites (tertiary alicyclic amines) is 1. The van der Waals surface area contributed by atoms with E-state index in [4.69, 9.17) is 18.0 Å². The number of rotatable bonds is 3. The normalized spacial score (nSPS) is 17.6. The number of hydrogen-bond acceptors (Lipinski definition) is 3. The van der Waals surface area contributed by atoms with Gasteiger partial charge in [0, 0.05) is 19.3 Å². The Morgan fingerprint density at radius 3 is 2.75 bits per heavy atom. The van der Waals surface area contributed by atoms with Gasteiger partial charge in [0.1, 0.15) is 5.69 Å². The van der Waals surface area contributed by atoms with E-state index in [0.717, 1.165) is 24.9 Å². The summed E-state index contributed by atoms with van der Waals surface area (Å²) in [7, 11) is 0. The molecule has 0 atom stereocenters. The lowest BCUT2D eigenvalue weighted by Gasteiger charge is -2.32. The van der Waals surface area contributed by atoms with Crippen LogP contribution in [0.2, 0.25) is 0 Å². The van der Waals surface area contributed by atoms with Gasteiger partial charge in [-0.2, -0.15) is 5.10 Å². The highest BCUT2D eigenvalue weighted by Crippen LogP contribution is 2.19. The number of nitrogens with one attached hydrogen (secondary N) is 2. The quantitative estimate of drug-likeness (QED) is 0.672. The average Bonchev–Trinajstić information content (AvgIpc) is 2.80. The molecule has 1 fully saturated rings. The lowest BCUT2D eigenvalue weighted by molar-refractivity contribution is 0.237. The number of hydrogen-bond donors (Lipinski definition) is 3. The Kier molecular flexibility index (Phi) is 3.74. The maximum Gasteiger partial charge on any atom is 0.182 e. The molecule has 0 bridgehead atoms. The van der Waals surface area contributed by atoms with Crippen LogP contribution in [0.1, 0.15) is 25.0 Å². The smallest absolute Gasteiger partial charge is 0.182 e. The van der Waals surface area contributed by atoms with Crippen LogP contribution in [0, 0.1) is 6.17 Å². The molecule has 1 radical (unpaired) electrons. The molecule has 0 amide bonds. The van der Waals surface area contributed by atoms with E-state index in [2.05, 4.69) is 20.4 Å². The second-order valence-corrected chi connectivity index (χ2v) is 4.28. The molecule has 2 rings (SSSR count). The number of nitrogens with zero attached hydrogens (tertiary/aromatic N) is 2. The number of piperidine rings is 1. The van der Waals surface area contributed by atoms with Gasteiger partial charge in [-0.05, 0) is 31.1 Å². The highest BCUT2D eigenvalue weighted by Gasteiger charge is 2.25. The standard InChI is InChI=1S/C10H16N5S/c11-10(16)13-9(8-4-5-12-14-8)15-6-2-1-3-7-15/h4-5H,1-3,6-7H2,(H,12,14)(H3,11,13,16). The zero-order valence-corrected chi connectivity index (χ0v) is 9.89. The van der Waals surface area contributed by atoms with Gasteiger partial charge >= 0.3 is 0 Å². The second kappa shape index (κ2) is 5.27. The van der Waals surface area contributed by atoms with Crippen LogP contribution in [0.4, 0.5) is 0 Å². The summed E-state index contributed by atoms with van der Waals surface area (Å²) in [5.74, 6) is 0. The maximum absolute atomic E-state index is 5.54. The van der Waals surface area contributed by atoms with Crippen LogP contribution in [-0.2, 0) is 0 Å². The minimum atomic E-state index is 0.281. The van der Waals surface area contributed by atoms with E-state index in [-0.39, 0.29) is 5.11 Å². The van der Waals surface area contributed by atoms with Gasteiger partial charge in [0.05, 0.1) is 0 Å². The van der Waals surface area contributed by atoms with Crippen molar-refractivity contribution in [3.63, 3.8) is 0 Å². The van der Waals surface area contributed by atoms with Crippen molar-refractivity contribution in [2.75, 3.05) is 13.1 Å². The predicted octanol–water partition coefficient (Wildman–Crippen LogP) is 0.566. The van der Waals surface area contributed by atoms with Crippen molar-refractivity contribution >= 4 is 17.3 Å². The SMILES string of the molecule is NC(=S)N[C](c1cc[nH]n1)N1CCCCC1. The summed E-state index contributed by atoms with van der Waals surface area (Å²) >= 11 is 4.90. The molecule has 5 nitrogen and oxygen atoms in total. The minimum absolute atomic E-state index is 0.281. The minimum Gasteiger partial charge on any atom is -0.376 e. The van der Waals surface area contributed by atoms with Crippen molar-refractivity contribution in [3.8, 4) is 0 Å². The van der Waals surface area contributed by atoms with Crippen molar-refractivity contribution in [1.82, 2.24) is 20.4 Å². The van der Waals surface area contributed by atoms with Crippen LogP contribution in [0.5, 0.6) is 0 Å². The fraction of sp³-hybridized carbons (Fsp3) is 0.500. The summed E-state index contributed by atoms with van der Waals surface area (Å²) in [5, 5.41) is 10.3. The summed E-state index contributed by atoms with van der Waals surface area (Å²) in [6.45, 7) is 2.05. The van der Waals surface area contributed by atoms with Crippen LogP contribution in [0.3, 0.4) is 0 Å². The van der Waals surface area contributed by atoms with Crippen LogP contribution in [0.15, 0.2) is 12.3 Å². The first-order valence-corrected chi connectivity index (χ1v) is 5.87. The third-order valence-corrected chi connectivity index (χ3v) is 2.76. The molecule has 1 saturated heterocycles. The van der Waals surface area contributed by atoms with Gasteiger partial charge in [0.2, 0.25) is 0 Å². The fourth-order valence-corrected chi connectivity index (χ4v) is 2.03. The van der Waals surface area contributed by atoms with Gasteiger partial charge in [0.25, 0.3) is 0 Å². The van der Waals surface area contributed by atoms with Crippen LogP contribution < -0.4 is 11.1 Å². The largest absolute Gasteiger partial charge is 0.376 e. The molecule has 1 aliphatic heterocycles. The first-order chi connectivity index (χ1) is 7.77. The third kappa shape index (κ3) is 2.70. The molecule has 1 aromatic heterocycles. The van der Waals surface area contributed by atoms with Crippen molar-refractivity contribution in [1.29, 1.82) is 0 Å². The van der Waals surface area contributed by atoms with E-state index in [1.165, 1.54) is 19.3 Å². The van der Waals surface area contributed by atoms with E-state index in [9.17, 15) is 0 Å². The van der Waals surface area contributed by atoms with Gasteiger partial charge in [-0.25, -0.2) is 0 Å². The zero-order chi connectivity index (χ0) is 11.4. The van der Waals surface area contributed by atoms with Gasteiger partial charge in [0.15, 0.2) is 11.3 Å². The topological polar surface area (TPSA) is 70.0 Å². The number of nitrogens with two attached hydrogens (primary N) is 1. The molecule has 2 heterocycles. The molecule has 0 spiro atoms. The zero-order valence-electron chi connectivity index (χ0n) is 9.07. The van der Waals surface area contributed by atoms with Crippen molar-refractivity contribution in [3.05, 3.63) is 24.1 Å². The predicted molar refractivity (Wildman–Crippen MR) is 66.3 cm³/mol. The van der Waals surface area contributed by atoms with E-state index in [1.807, 2.05) is 6.07 Å². The lowest BCUT2D eigenvalue weighted by Crippen LogP contribution is -2.46. The first kappa shape index (κ1) is 11.3. The van der Waals surface area contributed by atoms with Crippen LogP contribution in [0.25, 0.3) is 0 Å². The first-order valence-electron chi connectivity index (χ1n) is 5.46. The van der Waals surface area contributed by atoms with Gasteiger partial charge in [-0.3, -0.25) is 10.00 Å². The molecule has 87 valence electrons. The summed E-state index contributed by atoms with van der Waals surface area (Å²) < 4.78 is 0. The number of H-pyrrole nitrogens is 1. The van der Waals surface area contributed by atoms with Gasteiger partial charge in [-0.15, -0.1) is 0 Å². The maximum atomic E-state index is 5.54. The van der Waals surface area contributed by atoms with E-state index in [0.29, 0.717) is 0 Å². The molecule has 16 heavy (non-hydrogen) atoms. The third-order valence-electron chi connectivity index (χ3n) is 2.66. The summed E-state index contributed by atoms with van der Waals surface area (Å²) in [6.07, 6.45) is 6.39. The Morgan fingerprint density at radius 1 is 1.44 bits per heavy atom. The molecule has 1 aromatic rings. The lowest BCUT2D eigenvalue weighted by atomic mass is 10.1. The Hall–Kier alpha value is -1.14. The molecule has 0 saturated carbocycles. The summed E-state index contributed by atoms with van der Waals surface area (Å²) in [6, 6.07) is 1.91. The average molecular weight is 238 g/mol. The molecule has 6 heteroatoms. The van der Waals surface area contributed by atoms with Crippen LogP contribution in [-0.4, -0.2) is 33.3 Å². The van der Waals surface area contributed by atoms with Crippen LogP contribution >= 0.6 is 12.2 Å². The Bertz CT molecular complexity index is 331. The van der Waals surface area contributed by atoms with E-state index < -0.39 is 0 Å². The molecule has 0 unspecified atom stereocenters. The van der Waals surface area contributed by atoms with Crippen molar-refractivity contribution in [2.45, 2.75) is 19.3 Å². The molecular weight excluding hydrogens is 222 g/mol. The molecule has 1 aliphatic rings. The van der Waals surface area contributed by atoms with Crippen molar-refractivity contribution < 1.29 is 0 Å². The highest BCUT2D eigenvalue weighted by molar-refractivity contribution is 7.80. The second-order valence-electron chi connectivity index (χ2n) is 3.85. The number of aromatic amines is 1. The Labute approximate surface area is 100 Å². The van der Waals surface area contributed by atoms with E-state index in [1.54, 1.807) is 6.20 Å². The fourth-order valence-electron chi connectivity index (χ4n) is 1.93. The number of thiocarbonyl (C=S) groups is 1. The summed E-state index contributed by atoms with van der Waals surface area (Å²) in [4.78, 5) is 2.25. The van der Waals surface area contributed by atoms with E-state index >= 15 is 0 Å².